The second-order valence-corrected chi connectivity index (χ2v) is 7.10. The number of amides is 1. The van der Waals surface area contributed by atoms with Gasteiger partial charge in [-0.1, -0.05) is 0 Å². The Hall–Kier alpha value is -3.59. The fourth-order valence-corrected chi connectivity index (χ4v) is 3.31. The number of methoxy groups -OCH3 is 1. The Balaban J connectivity index is 1.88. The van der Waals surface area contributed by atoms with E-state index in [0.29, 0.717) is 15.8 Å². The highest BCUT2D eigenvalue weighted by Crippen LogP contribution is 2.23. The van der Waals surface area contributed by atoms with Crippen LogP contribution in [0.4, 0.5) is 4.39 Å². The van der Waals surface area contributed by atoms with E-state index in [1.54, 1.807) is 24.3 Å². The SMILES string of the molecule is COc1ccc(Br)c(C(=O)Nn2c(-c3ccc(F)cc3)nc3ncccc3c2=O)c1. The number of pyridine rings is 1. The Bertz CT molecular complexity index is 1320. The lowest BCUT2D eigenvalue weighted by Gasteiger charge is -2.15. The molecule has 0 spiro atoms. The molecule has 0 unspecified atom stereocenters. The number of ether oxygens (including phenoxy) is 1. The highest BCUT2D eigenvalue weighted by molar-refractivity contribution is 9.10. The van der Waals surface area contributed by atoms with Crippen LogP contribution in [-0.2, 0) is 0 Å². The van der Waals surface area contributed by atoms with Crippen LogP contribution in [0.15, 0.2) is 70.1 Å². The van der Waals surface area contributed by atoms with E-state index >= 15 is 0 Å². The van der Waals surface area contributed by atoms with Crippen molar-refractivity contribution in [2.45, 2.75) is 0 Å². The Labute approximate surface area is 178 Å². The first kappa shape index (κ1) is 19.7. The van der Waals surface area contributed by atoms with Gasteiger partial charge in [-0.2, -0.15) is 4.68 Å². The average molecular weight is 469 g/mol. The number of carbonyl (C=O) groups excluding carboxylic acids is 1. The molecule has 0 bridgehead atoms. The number of hydrogen-bond donors (Lipinski definition) is 1. The Morgan fingerprint density at radius 1 is 1.17 bits per heavy atom. The molecule has 0 aliphatic heterocycles. The Morgan fingerprint density at radius 2 is 1.93 bits per heavy atom. The summed E-state index contributed by atoms with van der Waals surface area (Å²) in [6, 6.07) is 13.5. The van der Waals surface area contributed by atoms with Gasteiger partial charge in [0.05, 0.1) is 18.1 Å². The summed E-state index contributed by atoms with van der Waals surface area (Å²) >= 11 is 3.33. The summed E-state index contributed by atoms with van der Waals surface area (Å²) in [6.45, 7) is 0. The van der Waals surface area contributed by atoms with Gasteiger partial charge in [-0.3, -0.25) is 15.0 Å². The fourth-order valence-electron chi connectivity index (χ4n) is 2.88. The lowest BCUT2D eigenvalue weighted by atomic mass is 10.2. The minimum Gasteiger partial charge on any atom is -0.497 e. The molecule has 0 aliphatic rings. The molecule has 0 saturated heterocycles. The fraction of sp³-hybridized carbons (Fsp3) is 0.0476. The van der Waals surface area contributed by atoms with Crippen LogP contribution in [0, 0.1) is 5.82 Å². The van der Waals surface area contributed by atoms with Gasteiger partial charge < -0.3 is 4.74 Å². The number of nitrogens with one attached hydrogen (secondary N) is 1. The summed E-state index contributed by atoms with van der Waals surface area (Å²) in [7, 11) is 1.49. The van der Waals surface area contributed by atoms with Crippen molar-refractivity contribution in [3.05, 3.63) is 87.0 Å². The molecular formula is C21H14BrFN4O3. The van der Waals surface area contributed by atoms with Crippen molar-refractivity contribution in [2.24, 2.45) is 0 Å². The highest BCUT2D eigenvalue weighted by atomic mass is 79.9. The molecule has 1 amide bonds. The Morgan fingerprint density at radius 3 is 2.67 bits per heavy atom. The van der Waals surface area contributed by atoms with Crippen molar-refractivity contribution < 1.29 is 13.9 Å². The monoisotopic (exact) mass is 468 g/mol. The number of halogens is 2. The molecule has 7 nitrogen and oxygen atoms in total. The molecule has 0 radical (unpaired) electrons. The van der Waals surface area contributed by atoms with Gasteiger partial charge in [-0.05, 0) is 70.5 Å². The quantitative estimate of drug-likeness (QED) is 0.492. The van der Waals surface area contributed by atoms with E-state index < -0.39 is 17.3 Å². The zero-order valence-corrected chi connectivity index (χ0v) is 17.2. The first-order valence-corrected chi connectivity index (χ1v) is 9.56. The molecule has 4 aromatic rings. The molecule has 0 atom stereocenters. The first-order valence-electron chi connectivity index (χ1n) is 8.76. The van der Waals surface area contributed by atoms with Crippen LogP contribution in [0.2, 0.25) is 0 Å². The average Bonchev–Trinajstić information content (AvgIpc) is 2.76. The minimum absolute atomic E-state index is 0.124. The van der Waals surface area contributed by atoms with Crippen molar-refractivity contribution in [1.82, 2.24) is 14.6 Å². The van der Waals surface area contributed by atoms with Crippen LogP contribution in [-0.4, -0.2) is 27.7 Å². The summed E-state index contributed by atoms with van der Waals surface area (Å²) in [4.78, 5) is 34.6. The van der Waals surface area contributed by atoms with Gasteiger partial charge in [0.15, 0.2) is 11.5 Å². The molecule has 0 saturated carbocycles. The second-order valence-electron chi connectivity index (χ2n) is 6.24. The van der Waals surface area contributed by atoms with E-state index in [4.69, 9.17) is 4.74 Å². The van der Waals surface area contributed by atoms with Gasteiger partial charge in [0.1, 0.15) is 11.6 Å². The van der Waals surface area contributed by atoms with E-state index in [1.165, 1.54) is 43.6 Å². The van der Waals surface area contributed by atoms with E-state index in [1.807, 2.05) is 0 Å². The van der Waals surface area contributed by atoms with E-state index in [9.17, 15) is 14.0 Å². The molecule has 2 aromatic heterocycles. The highest BCUT2D eigenvalue weighted by Gasteiger charge is 2.18. The zero-order chi connectivity index (χ0) is 21.3. The number of fused-ring (bicyclic) bond motifs is 1. The zero-order valence-electron chi connectivity index (χ0n) is 15.6. The summed E-state index contributed by atoms with van der Waals surface area (Å²) in [5.74, 6) is -0.388. The van der Waals surface area contributed by atoms with Crippen LogP contribution in [0.25, 0.3) is 22.4 Å². The normalized spacial score (nSPS) is 10.8. The molecule has 1 N–H and O–H groups in total. The third-order valence-corrected chi connectivity index (χ3v) is 5.07. The predicted molar refractivity (Wildman–Crippen MR) is 114 cm³/mol. The number of carbonyl (C=O) groups is 1. The summed E-state index contributed by atoms with van der Waals surface area (Å²) in [5.41, 5.74) is 2.99. The van der Waals surface area contributed by atoms with Gasteiger partial charge in [-0.25, -0.2) is 14.4 Å². The summed E-state index contributed by atoms with van der Waals surface area (Å²) in [5, 5.41) is 0.230. The number of nitrogens with zero attached hydrogens (tertiary/aromatic N) is 3. The number of aromatic nitrogens is 3. The second kappa shape index (κ2) is 8.03. The topological polar surface area (TPSA) is 86.1 Å². The molecule has 4 rings (SSSR count). The van der Waals surface area contributed by atoms with E-state index in [2.05, 4.69) is 31.3 Å². The van der Waals surface area contributed by atoms with Gasteiger partial charge in [0.2, 0.25) is 0 Å². The van der Waals surface area contributed by atoms with Crippen molar-refractivity contribution in [2.75, 3.05) is 12.5 Å². The third-order valence-electron chi connectivity index (χ3n) is 4.38. The van der Waals surface area contributed by atoms with Gasteiger partial charge in [0.25, 0.3) is 11.5 Å². The predicted octanol–water partition coefficient (Wildman–Crippen LogP) is 3.75. The molecule has 2 aromatic carbocycles. The van der Waals surface area contributed by atoms with Gasteiger partial charge in [0, 0.05) is 16.2 Å². The standard InChI is InChI=1S/C21H14BrFN4O3/c1-30-14-8-9-17(22)16(11-14)20(28)26-27-19(12-4-6-13(23)7-5-12)25-18-15(21(27)29)3-2-10-24-18/h2-11H,1H3,(H,26,28). The van der Waals surface area contributed by atoms with Crippen molar-refractivity contribution in [3.8, 4) is 17.1 Å². The third kappa shape index (κ3) is 3.67. The lowest BCUT2D eigenvalue weighted by Crippen LogP contribution is -2.35. The first-order chi connectivity index (χ1) is 14.5. The molecular weight excluding hydrogens is 455 g/mol. The van der Waals surface area contributed by atoms with Gasteiger partial charge in [-0.15, -0.1) is 0 Å². The number of rotatable bonds is 4. The van der Waals surface area contributed by atoms with E-state index in [-0.39, 0.29) is 22.4 Å². The van der Waals surface area contributed by atoms with Crippen molar-refractivity contribution in [3.63, 3.8) is 0 Å². The summed E-state index contributed by atoms with van der Waals surface area (Å²) in [6.07, 6.45) is 1.51. The van der Waals surface area contributed by atoms with Crippen LogP contribution in [0.3, 0.4) is 0 Å². The Kier molecular flexibility index (Phi) is 5.28. The largest absolute Gasteiger partial charge is 0.497 e. The number of benzene rings is 2. The number of hydrogen-bond acceptors (Lipinski definition) is 5. The van der Waals surface area contributed by atoms with Crippen LogP contribution in [0.5, 0.6) is 5.75 Å². The van der Waals surface area contributed by atoms with Crippen LogP contribution >= 0.6 is 15.9 Å². The van der Waals surface area contributed by atoms with Crippen molar-refractivity contribution >= 4 is 32.9 Å². The molecule has 0 aliphatic carbocycles. The maximum absolute atomic E-state index is 13.4. The summed E-state index contributed by atoms with van der Waals surface area (Å²) < 4.78 is 20.1. The molecule has 2 heterocycles. The maximum Gasteiger partial charge on any atom is 0.282 e. The maximum atomic E-state index is 13.4. The molecule has 9 heteroatoms. The smallest absolute Gasteiger partial charge is 0.282 e. The molecule has 150 valence electrons. The molecule has 30 heavy (non-hydrogen) atoms. The lowest BCUT2D eigenvalue weighted by molar-refractivity contribution is 0.101. The molecule has 0 fully saturated rings. The van der Waals surface area contributed by atoms with Gasteiger partial charge >= 0.3 is 0 Å². The minimum atomic E-state index is -0.559. The van der Waals surface area contributed by atoms with Crippen LogP contribution in [0.1, 0.15) is 10.4 Å². The van der Waals surface area contributed by atoms with Crippen LogP contribution < -0.4 is 15.7 Å². The van der Waals surface area contributed by atoms with E-state index in [0.717, 1.165) is 4.68 Å². The van der Waals surface area contributed by atoms with Crippen molar-refractivity contribution in [1.29, 1.82) is 0 Å².